The van der Waals surface area contributed by atoms with Crippen molar-refractivity contribution < 1.29 is 19.5 Å². The highest BCUT2D eigenvalue weighted by Crippen LogP contribution is 2.28. The van der Waals surface area contributed by atoms with E-state index in [1.165, 1.54) is 0 Å². The van der Waals surface area contributed by atoms with E-state index in [0.29, 0.717) is 31.9 Å². The second-order valence-corrected chi connectivity index (χ2v) is 8.26. The predicted molar refractivity (Wildman–Crippen MR) is 118 cm³/mol. The van der Waals surface area contributed by atoms with Gasteiger partial charge in [-0.1, -0.05) is 24.3 Å². The number of benzene rings is 1. The first-order chi connectivity index (χ1) is 15.6. The molecule has 2 amide bonds. The van der Waals surface area contributed by atoms with E-state index >= 15 is 0 Å². The van der Waals surface area contributed by atoms with Gasteiger partial charge in [0.1, 0.15) is 12.1 Å². The molecule has 3 atom stereocenters. The average molecular weight is 440 g/mol. The van der Waals surface area contributed by atoms with E-state index in [-0.39, 0.29) is 12.0 Å². The van der Waals surface area contributed by atoms with Crippen LogP contribution in [0.5, 0.6) is 5.88 Å². The van der Waals surface area contributed by atoms with Gasteiger partial charge in [-0.25, -0.2) is 10.5 Å². The number of rotatable bonds is 5. The predicted octanol–water partition coefficient (Wildman–Crippen LogP) is 1.00. The van der Waals surface area contributed by atoms with Gasteiger partial charge in [-0.3, -0.25) is 19.7 Å². The van der Waals surface area contributed by atoms with Crippen LogP contribution in [0, 0.1) is 5.92 Å². The molecule has 4 rings (SSSR count). The Balaban J connectivity index is 1.43. The summed E-state index contributed by atoms with van der Waals surface area (Å²) in [6.07, 6.45) is 1.63. The highest BCUT2D eigenvalue weighted by atomic mass is 16.5. The van der Waals surface area contributed by atoms with Crippen LogP contribution in [0.2, 0.25) is 0 Å². The number of anilines is 1. The number of hydrogen-bond acceptors (Lipinski definition) is 7. The molecule has 0 saturated carbocycles. The van der Waals surface area contributed by atoms with Crippen LogP contribution < -0.4 is 15.1 Å². The number of carbonyl (C=O) groups excluding carboxylic acids is 2. The molecule has 0 aliphatic carbocycles. The third kappa shape index (κ3) is 4.84. The van der Waals surface area contributed by atoms with Gasteiger partial charge in [0, 0.05) is 50.7 Å². The van der Waals surface area contributed by atoms with Crippen molar-refractivity contribution in [3.63, 3.8) is 0 Å². The molecule has 170 valence electrons. The van der Waals surface area contributed by atoms with Crippen molar-refractivity contribution in [2.75, 3.05) is 44.7 Å². The number of nitrogens with zero attached hydrogens (tertiary/aromatic N) is 4. The van der Waals surface area contributed by atoms with Crippen LogP contribution in [0.1, 0.15) is 6.42 Å². The Bertz CT molecular complexity index is 905. The van der Waals surface area contributed by atoms with E-state index in [9.17, 15) is 14.8 Å². The first-order valence-corrected chi connectivity index (χ1v) is 10.9. The number of amides is 2. The first-order valence-electron chi connectivity index (χ1n) is 10.9. The summed E-state index contributed by atoms with van der Waals surface area (Å²) < 4.78 is 5.94. The summed E-state index contributed by atoms with van der Waals surface area (Å²) in [5.74, 6) is -0.930. The summed E-state index contributed by atoms with van der Waals surface area (Å²) in [5.41, 5.74) is 2.88. The minimum atomic E-state index is -0.730. The number of hydrogen-bond donors (Lipinski definition) is 2. The largest absolute Gasteiger partial charge is 0.473 e. The zero-order valence-corrected chi connectivity index (χ0v) is 18.1. The SMILES string of the molecule is CN1C[C@@H](Oc2ccccn2)C[C@H](C(=O)NO)[C@H]1C(=O)N1CCN(c2ccccc2)CC1. The monoisotopic (exact) mass is 439 g/mol. The molecule has 0 radical (unpaired) electrons. The summed E-state index contributed by atoms with van der Waals surface area (Å²) in [6.45, 7) is 3.11. The van der Waals surface area contributed by atoms with Crippen molar-refractivity contribution in [1.29, 1.82) is 0 Å². The second-order valence-electron chi connectivity index (χ2n) is 8.26. The van der Waals surface area contributed by atoms with Crippen molar-refractivity contribution >= 4 is 17.5 Å². The van der Waals surface area contributed by atoms with Crippen molar-refractivity contribution in [1.82, 2.24) is 20.3 Å². The van der Waals surface area contributed by atoms with Crippen LogP contribution in [-0.2, 0) is 9.59 Å². The molecule has 9 heteroatoms. The van der Waals surface area contributed by atoms with Gasteiger partial charge in [0.15, 0.2) is 0 Å². The summed E-state index contributed by atoms with van der Waals surface area (Å²) in [7, 11) is 1.81. The highest BCUT2D eigenvalue weighted by Gasteiger charge is 2.45. The number of nitrogens with one attached hydrogen (secondary N) is 1. The lowest BCUT2D eigenvalue weighted by Gasteiger charge is -2.44. The number of aromatic nitrogens is 1. The fraction of sp³-hybridized carbons (Fsp3) is 0.435. The lowest BCUT2D eigenvalue weighted by Crippen LogP contribution is -2.62. The minimum absolute atomic E-state index is 0.0925. The van der Waals surface area contributed by atoms with Crippen LogP contribution in [0.25, 0.3) is 0 Å². The molecular weight excluding hydrogens is 410 g/mol. The van der Waals surface area contributed by atoms with Gasteiger partial charge < -0.3 is 14.5 Å². The number of pyridine rings is 1. The Kier molecular flexibility index (Phi) is 6.87. The van der Waals surface area contributed by atoms with Crippen molar-refractivity contribution in [2.45, 2.75) is 18.6 Å². The van der Waals surface area contributed by atoms with Gasteiger partial charge in [0.05, 0.1) is 5.92 Å². The van der Waals surface area contributed by atoms with Crippen LogP contribution in [0.15, 0.2) is 54.7 Å². The quantitative estimate of drug-likeness (QED) is 0.530. The number of ether oxygens (including phenoxy) is 1. The Morgan fingerprint density at radius 1 is 1.06 bits per heavy atom. The molecule has 1 aromatic carbocycles. The zero-order chi connectivity index (χ0) is 22.5. The van der Waals surface area contributed by atoms with Crippen LogP contribution in [0.3, 0.4) is 0 Å². The number of piperazine rings is 1. The fourth-order valence-corrected chi connectivity index (χ4v) is 4.61. The van der Waals surface area contributed by atoms with Crippen molar-refractivity contribution in [3.8, 4) is 5.88 Å². The van der Waals surface area contributed by atoms with Gasteiger partial charge in [-0.15, -0.1) is 0 Å². The lowest BCUT2D eigenvalue weighted by molar-refractivity contribution is -0.151. The number of piperidine rings is 1. The van der Waals surface area contributed by atoms with E-state index in [2.05, 4.69) is 22.0 Å². The number of carbonyl (C=O) groups is 2. The van der Waals surface area contributed by atoms with E-state index < -0.39 is 17.9 Å². The van der Waals surface area contributed by atoms with Crippen LogP contribution >= 0.6 is 0 Å². The number of para-hydroxylation sites is 1. The van der Waals surface area contributed by atoms with Crippen LogP contribution in [0.4, 0.5) is 5.69 Å². The summed E-state index contributed by atoms with van der Waals surface area (Å²) in [6, 6.07) is 14.9. The average Bonchev–Trinajstić information content (AvgIpc) is 2.84. The zero-order valence-electron chi connectivity index (χ0n) is 18.1. The maximum atomic E-state index is 13.5. The molecule has 0 bridgehead atoms. The number of likely N-dealkylation sites (N-methyl/N-ethyl adjacent to an activating group) is 1. The van der Waals surface area contributed by atoms with E-state index in [4.69, 9.17) is 4.74 Å². The smallest absolute Gasteiger partial charge is 0.248 e. The van der Waals surface area contributed by atoms with Crippen LogP contribution in [-0.4, -0.2) is 83.7 Å². The standard InChI is InChI=1S/C23H29N5O4/c1-26-16-18(32-20-9-5-6-10-24-20)15-19(22(29)25-31)21(26)23(30)28-13-11-27(12-14-28)17-7-3-2-4-8-17/h2-10,18-19,21,31H,11-16H2,1H3,(H,25,29)/t18-,19-,21-/m0/s1. The molecule has 0 unspecified atom stereocenters. The Labute approximate surface area is 187 Å². The third-order valence-electron chi connectivity index (χ3n) is 6.20. The Morgan fingerprint density at radius 2 is 1.78 bits per heavy atom. The highest BCUT2D eigenvalue weighted by molar-refractivity contribution is 5.90. The normalized spacial score (nSPS) is 24.1. The van der Waals surface area contributed by atoms with E-state index in [1.54, 1.807) is 23.8 Å². The molecule has 1 aromatic heterocycles. The molecular formula is C23H29N5O4. The summed E-state index contributed by atoms with van der Waals surface area (Å²) in [5, 5.41) is 9.32. The van der Waals surface area contributed by atoms with Crippen molar-refractivity contribution in [2.24, 2.45) is 5.92 Å². The molecule has 32 heavy (non-hydrogen) atoms. The van der Waals surface area contributed by atoms with E-state index in [0.717, 1.165) is 18.8 Å². The van der Waals surface area contributed by atoms with Crippen molar-refractivity contribution in [3.05, 3.63) is 54.7 Å². The molecule has 2 aromatic rings. The molecule has 2 saturated heterocycles. The Morgan fingerprint density at radius 3 is 2.44 bits per heavy atom. The Hall–Kier alpha value is -3.17. The van der Waals surface area contributed by atoms with Gasteiger partial charge in [0.2, 0.25) is 17.7 Å². The lowest BCUT2D eigenvalue weighted by atomic mass is 9.86. The topological polar surface area (TPSA) is 98.2 Å². The molecule has 2 fully saturated rings. The fourth-order valence-electron chi connectivity index (χ4n) is 4.61. The van der Waals surface area contributed by atoms with Gasteiger partial charge >= 0.3 is 0 Å². The maximum absolute atomic E-state index is 13.5. The van der Waals surface area contributed by atoms with E-state index in [1.807, 2.05) is 41.1 Å². The molecule has 0 spiro atoms. The molecule has 2 aliphatic heterocycles. The van der Waals surface area contributed by atoms with Gasteiger partial charge in [-0.2, -0.15) is 0 Å². The van der Waals surface area contributed by atoms with Gasteiger partial charge in [0.25, 0.3) is 0 Å². The molecule has 2 aliphatic rings. The first kappa shape index (κ1) is 22.0. The maximum Gasteiger partial charge on any atom is 0.248 e. The minimum Gasteiger partial charge on any atom is -0.473 e. The number of hydroxylamine groups is 1. The molecule has 3 heterocycles. The summed E-state index contributed by atoms with van der Waals surface area (Å²) >= 11 is 0. The molecule has 2 N–H and O–H groups in total. The number of likely N-dealkylation sites (tertiary alicyclic amines) is 1. The summed E-state index contributed by atoms with van der Waals surface area (Å²) in [4.78, 5) is 36.1. The second kappa shape index (κ2) is 9.97. The molecule has 9 nitrogen and oxygen atoms in total. The third-order valence-corrected chi connectivity index (χ3v) is 6.20. The van der Waals surface area contributed by atoms with Gasteiger partial charge in [-0.05, 0) is 31.7 Å².